The van der Waals surface area contributed by atoms with E-state index in [-0.39, 0.29) is 0 Å². The van der Waals surface area contributed by atoms with Crippen LogP contribution in [0.4, 0.5) is 0 Å². The number of aromatic hydroxyl groups is 1. The zero-order valence-electron chi connectivity index (χ0n) is 23.0. The highest BCUT2D eigenvalue weighted by atomic mass is 16.5. The van der Waals surface area contributed by atoms with Gasteiger partial charge in [-0.1, -0.05) is 43.3 Å². The van der Waals surface area contributed by atoms with Crippen molar-refractivity contribution in [2.75, 3.05) is 47.5 Å². The van der Waals surface area contributed by atoms with Crippen molar-refractivity contribution < 1.29 is 14.6 Å². The predicted molar refractivity (Wildman–Crippen MR) is 151 cm³/mol. The van der Waals surface area contributed by atoms with Crippen molar-refractivity contribution in [2.24, 2.45) is 11.8 Å². The van der Waals surface area contributed by atoms with Crippen molar-refractivity contribution in [3.05, 3.63) is 88.7 Å². The van der Waals surface area contributed by atoms with Gasteiger partial charge in [-0.05, 0) is 97.7 Å². The number of rotatable bonds is 12. The molecule has 200 valence electrons. The fourth-order valence-corrected chi connectivity index (χ4v) is 5.83. The smallest absolute Gasteiger partial charge is 0.116 e. The lowest BCUT2D eigenvalue weighted by molar-refractivity contribution is 0.147. The summed E-state index contributed by atoms with van der Waals surface area (Å²) < 4.78 is 10.9. The molecular weight excluding hydrogens is 460 g/mol. The second-order valence-corrected chi connectivity index (χ2v) is 10.6. The third kappa shape index (κ3) is 7.25. The van der Waals surface area contributed by atoms with Crippen LogP contribution in [0, 0.1) is 11.8 Å². The van der Waals surface area contributed by atoms with Gasteiger partial charge in [-0.15, -0.1) is 0 Å². The average Bonchev–Trinajstić information content (AvgIpc) is 2.93. The number of fused-ring (bicyclic) bond motifs is 1. The van der Waals surface area contributed by atoms with Crippen LogP contribution in [-0.2, 0) is 35.3 Å². The Labute approximate surface area is 223 Å². The zero-order chi connectivity index (χ0) is 26.2. The molecule has 0 saturated carbocycles. The molecule has 0 heterocycles. The summed E-state index contributed by atoms with van der Waals surface area (Å²) >= 11 is 0. The molecule has 0 fully saturated rings. The second-order valence-electron chi connectivity index (χ2n) is 10.6. The summed E-state index contributed by atoms with van der Waals surface area (Å²) in [5.74, 6) is 2.33. The first-order valence-corrected chi connectivity index (χ1v) is 13.7. The van der Waals surface area contributed by atoms with E-state index in [2.05, 4.69) is 72.3 Å². The molecule has 2 aromatic rings. The van der Waals surface area contributed by atoms with E-state index < -0.39 is 0 Å². The molecule has 3 atom stereocenters. The lowest BCUT2D eigenvalue weighted by Crippen LogP contribution is -2.43. The van der Waals surface area contributed by atoms with Crippen molar-refractivity contribution >= 4 is 0 Å². The fourth-order valence-electron chi connectivity index (χ4n) is 5.83. The molecule has 5 nitrogen and oxygen atoms in total. The first-order valence-electron chi connectivity index (χ1n) is 13.7. The molecule has 5 heteroatoms. The number of aryl methyl sites for hydroxylation is 1. The van der Waals surface area contributed by atoms with Gasteiger partial charge in [-0.3, -0.25) is 4.90 Å². The minimum absolute atomic E-state index is 0.294. The van der Waals surface area contributed by atoms with Crippen LogP contribution in [0.5, 0.6) is 5.75 Å². The number of hydrogen-bond acceptors (Lipinski definition) is 5. The van der Waals surface area contributed by atoms with Crippen LogP contribution < -0.4 is 0 Å². The Balaban J connectivity index is 1.44. The highest BCUT2D eigenvalue weighted by Crippen LogP contribution is 2.38. The number of hydrogen-bond donors (Lipinski definition) is 1. The van der Waals surface area contributed by atoms with Crippen LogP contribution in [-0.4, -0.2) is 68.5 Å². The van der Waals surface area contributed by atoms with Crippen LogP contribution in [0.2, 0.25) is 0 Å². The second kappa shape index (κ2) is 13.3. The van der Waals surface area contributed by atoms with E-state index in [1.807, 2.05) is 12.1 Å². The molecule has 1 N–H and O–H groups in total. The Bertz CT molecular complexity index is 1060. The molecule has 0 saturated heterocycles. The zero-order valence-corrected chi connectivity index (χ0v) is 23.0. The van der Waals surface area contributed by atoms with Crippen molar-refractivity contribution in [1.82, 2.24) is 9.80 Å². The number of nitrogens with zero attached hydrogens (tertiary/aromatic N) is 2. The van der Waals surface area contributed by atoms with Gasteiger partial charge in [0.05, 0.1) is 13.7 Å². The first-order chi connectivity index (χ1) is 18.0. The van der Waals surface area contributed by atoms with E-state index in [0.717, 1.165) is 64.2 Å². The summed E-state index contributed by atoms with van der Waals surface area (Å²) in [5.41, 5.74) is 5.42. The number of likely N-dealkylation sites (N-methyl/N-ethyl adjacent to an activating group) is 2. The van der Waals surface area contributed by atoms with Crippen LogP contribution in [0.3, 0.4) is 0 Å². The normalized spacial score (nSPS) is 21.2. The van der Waals surface area contributed by atoms with Crippen LogP contribution in [0.1, 0.15) is 35.6 Å². The molecule has 2 aromatic carbocycles. The van der Waals surface area contributed by atoms with E-state index in [4.69, 9.17) is 9.47 Å². The van der Waals surface area contributed by atoms with E-state index in [1.165, 1.54) is 22.3 Å². The minimum atomic E-state index is 0.294. The first kappa shape index (κ1) is 27.4. The highest BCUT2D eigenvalue weighted by molar-refractivity contribution is 5.37. The topological polar surface area (TPSA) is 45.2 Å². The molecule has 4 rings (SSSR count). The number of phenolic OH excluding ortho intramolecular Hbond substituents is 1. The van der Waals surface area contributed by atoms with Gasteiger partial charge < -0.3 is 19.5 Å². The molecule has 0 bridgehead atoms. The van der Waals surface area contributed by atoms with Gasteiger partial charge >= 0.3 is 0 Å². The van der Waals surface area contributed by atoms with Gasteiger partial charge in [0, 0.05) is 32.8 Å². The van der Waals surface area contributed by atoms with E-state index in [1.54, 1.807) is 14.2 Å². The fraction of sp³-hybridized carbons (Fsp3) is 0.500. The van der Waals surface area contributed by atoms with E-state index in [0.29, 0.717) is 23.6 Å². The Kier molecular flexibility index (Phi) is 9.84. The van der Waals surface area contributed by atoms with Gasteiger partial charge in [0.2, 0.25) is 0 Å². The molecule has 37 heavy (non-hydrogen) atoms. The third-order valence-corrected chi connectivity index (χ3v) is 8.14. The molecule has 2 unspecified atom stereocenters. The van der Waals surface area contributed by atoms with Crippen molar-refractivity contribution in [1.29, 1.82) is 0 Å². The van der Waals surface area contributed by atoms with Gasteiger partial charge in [0.1, 0.15) is 11.5 Å². The predicted octanol–water partition coefficient (Wildman–Crippen LogP) is 5.22. The Morgan fingerprint density at radius 2 is 1.78 bits per heavy atom. The third-order valence-electron chi connectivity index (χ3n) is 8.14. The number of phenols is 1. The van der Waals surface area contributed by atoms with Gasteiger partial charge in [-0.2, -0.15) is 0 Å². The summed E-state index contributed by atoms with van der Waals surface area (Å²) in [5, 5.41) is 9.90. The molecule has 0 spiro atoms. The van der Waals surface area contributed by atoms with Crippen molar-refractivity contribution in [2.45, 2.75) is 45.2 Å². The van der Waals surface area contributed by atoms with Crippen LogP contribution >= 0.6 is 0 Å². The maximum Gasteiger partial charge on any atom is 0.116 e. The Morgan fingerprint density at radius 1 is 1.00 bits per heavy atom. The molecule has 0 aliphatic heterocycles. The molecule has 2 aliphatic rings. The SMILES string of the molecule is CCN(Cc1ccc(CCN(C)CCOC)cc1)C1C=C(OC)C=CC1[C@@H]1CCc2cc(O)ccc2C1. The van der Waals surface area contributed by atoms with Crippen LogP contribution in [0.25, 0.3) is 0 Å². The monoisotopic (exact) mass is 504 g/mol. The average molecular weight is 505 g/mol. The van der Waals surface area contributed by atoms with Gasteiger partial charge in [0.15, 0.2) is 0 Å². The summed E-state index contributed by atoms with van der Waals surface area (Å²) in [6, 6.07) is 15.4. The maximum atomic E-state index is 9.90. The quantitative estimate of drug-likeness (QED) is 0.429. The summed E-state index contributed by atoms with van der Waals surface area (Å²) in [4.78, 5) is 4.91. The van der Waals surface area contributed by atoms with Gasteiger partial charge in [-0.25, -0.2) is 0 Å². The number of benzene rings is 2. The van der Waals surface area contributed by atoms with Crippen molar-refractivity contribution in [3.8, 4) is 5.75 Å². The van der Waals surface area contributed by atoms with Crippen molar-refractivity contribution in [3.63, 3.8) is 0 Å². The van der Waals surface area contributed by atoms with Gasteiger partial charge in [0.25, 0.3) is 0 Å². The Morgan fingerprint density at radius 3 is 2.51 bits per heavy atom. The summed E-state index contributed by atoms with van der Waals surface area (Å²) in [6.45, 7) is 6.93. The summed E-state index contributed by atoms with van der Waals surface area (Å²) in [6.07, 6.45) is 11.1. The maximum absolute atomic E-state index is 9.90. The Hall–Kier alpha value is -2.60. The van der Waals surface area contributed by atoms with E-state index >= 15 is 0 Å². The minimum Gasteiger partial charge on any atom is -0.508 e. The molecule has 0 aromatic heterocycles. The number of allylic oxidation sites excluding steroid dienone is 1. The largest absolute Gasteiger partial charge is 0.508 e. The molecule has 2 aliphatic carbocycles. The summed E-state index contributed by atoms with van der Waals surface area (Å²) in [7, 11) is 5.67. The molecule has 0 amide bonds. The molecular formula is C32H44N2O3. The lowest BCUT2D eigenvalue weighted by Gasteiger charge is -2.41. The van der Waals surface area contributed by atoms with Crippen LogP contribution in [0.15, 0.2) is 66.5 Å². The molecule has 0 radical (unpaired) electrons. The number of ether oxygens (including phenoxy) is 2. The number of methoxy groups -OCH3 is 2. The standard InChI is InChI=1S/C32H44N2O3/c1-5-34(23-25-8-6-24(7-9-25)16-17-33(2)18-19-36-3)32-22-30(37-4)14-15-31(32)28-11-10-27-21-29(35)13-12-26(27)20-28/h6-9,12-15,21-22,28,31-32,35H,5,10-11,16-20,23H2,1-4H3/t28-,31?,32?/m1/s1. The van der Waals surface area contributed by atoms with E-state index in [9.17, 15) is 5.11 Å². The highest BCUT2D eigenvalue weighted by Gasteiger charge is 2.34. The lowest BCUT2D eigenvalue weighted by atomic mass is 9.72.